The van der Waals surface area contributed by atoms with Crippen LogP contribution >= 0.6 is 34.8 Å². The van der Waals surface area contributed by atoms with Crippen LogP contribution in [-0.2, 0) is 0 Å². The SMILES string of the molecule is COc1ccccc1/C=C/C=N\Nc1c(Cl)cc(Cl)cc1Cl. The molecule has 6 heteroatoms. The highest BCUT2D eigenvalue weighted by Crippen LogP contribution is 2.33. The van der Waals surface area contributed by atoms with E-state index in [4.69, 9.17) is 39.5 Å². The van der Waals surface area contributed by atoms with Gasteiger partial charge in [-0.1, -0.05) is 53.0 Å². The van der Waals surface area contributed by atoms with Gasteiger partial charge in [0.05, 0.1) is 22.8 Å². The number of halogens is 3. The summed E-state index contributed by atoms with van der Waals surface area (Å²) in [5, 5.41) is 5.33. The first-order valence-electron chi connectivity index (χ1n) is 6.35. The van der Waals surface area contributed by atoms with Gasteiger partial charge in [-0.25, -0.2) is 0 Å². The number of benzene rings is 2. The number of nitrogens with one attached hydrogen (secondary N) is 1. The molecular formula is C16H13Cl3N2O. The van der Waals surface area contributed by atoms with Gasteiger partial charge in [0.2, 0.25) is 0 Å². The van der Waals surface area contributed by atoms with E-state index >= 15 is 0 Å². The number of para-hydroxylation sites is 1. The lowest BCUT2D eigenvalue weighted by Crippen LogP contribution is -1.91. The van der Waals surface area contributed by atoms with Gasteiger partial charge in [-0.05, 0) is 30.4 Å². The van der Waals surface area contributed by atoms with Crippen molar-refractivity contribution in [2.24, 2.45) is 5.10 Å². The van der Waals surface area contributed by atoms with Crippen LogP contribution in [0.25, 0.3) is 6.08 Å². The number of hydrogen-bond acceptors (Lipinski definition) is 3. The number of allylic oxidation sites excluding steroid dienone is 1. The van der Waals surface area contributed by atoms with Crippen molar-refractivity contribution >= 4 is 52.8 Å². The van der Waals surface area contributed by atoms with Crippen molar-refractivity contribution in [3.63, 3.8) is 0 Å². The molecule has 0 radical (unpaired) electrons. The maximum Gasteiger partial charge on any atom is 0.126 e. The van der Waals surface area contributed by atoms with Crippen LogP contribution in [0, 0.1) is 0 Å². The van der Waals surface area contributed by atoms with E-state index in [1.807, 2.05) is 30.3 Å². The lowest BCUT2D eigenvalue weighted by atomic mass is 10.2. The van der Waals surface area contributed by atoms with Gasteiger partial charge in [0, 0.05) is 16.8 Å². The van der Waals surface area contributed by atoms with E-state index in [9.17, 15) is 0 Å². The smallest absolute Gasteiger partial charge is 0.126 e. The molecule has 0 spiro atoms. The van der Waals surface area contributed by atoms with Gasteiger partial charge in [0.1, 0.15) is 5.75 Å². The minimum atomic E-state index is 0.406. The van der Waals surface area contributed by atoms with Crippen LogP contribution < -0.4 is 10.2 Å². The molecule has 1 N–H and O–H groups in total. The average Bonchev–Trinajstić information content (AvgIpc) is 2.49. The summed E-state index contributed by atoms with van der Waals surface area (Å²) in [5.74, 6) is 0.795. The molecule has 0 aliphatic heterocycles. The van der Waals surface area contributed by atoms with Gasteiger partial charge in [0.15, 0.2) is 0 Å². The van der Waals surface area contributed by atoms with E-state index in [-0.39, 0.29) is 0 Å². The summed E-state index contributed by atoms with van der Waals surface area (Å²) in [5.41, 5.74) is 4.25. The van der Waals surface area contributed by atoms with E-state index in [2.05, 4.69) is 10.5 Å². The van der Waals surface area contributed by atoms with E-state index in [0.29, 0.717) is 20.8 Å². The van der Waals surface area contributed by atoms with Gasteiger partial charge in [-0.2, -0.15) is 5.10 Å². The lowest BCUT2D eigenvalue weighted by Gasteiger charge is -2.06. The van der Waals surface area contributed by atoms with Crippen LogP contribution in [0.15, 0.2) is 47.6 Å². The monoisotopic (exact) mass is 354 g/mol. The molecule has 114 valence electrons. The zero-order valence-electron chi connectivity index (χ0n) is 11.7. The fourth-order valence-corrected chi connectivity index (χ4v) is 2.65. The Morgan fingerprint density at radius 2 is 1.77 bits per heavy atom. The molecule has 0 aliphatic carbocycles. The fraction of sp³-hybridized carbons (Fsp3) is 0.0625. The van der Waals surface area contributed by atoms with Gasteiger partial charge in [-0.15, -0.1) is 0 Å². The van der Waals surface area contributed by atoms with E-state index < -0.39 is 0 Å². The number of hydrazone groups is 1. The molecule has 0 saturated heterocycles. The Balaban J connectivity index is 2.03. The molecule has 2 aromatic carbocycles. The molecule has 0 amide bonds. The van der Waals surface area contributed by atoms with Gasteiger partial charge in [0.25, 0.3) is 0 Å². The highest BCUT2D eigenvalue weighted by Gasteiger charge is 2.06. The molecule has 2 aromatic rings. The Bertz CT molecular complexity index is 691. The Morgan fingerprint density at radius 1 is 1.09 bits per heavy atom. The summed E-state index contributed by atoms with van der Waals surface area (Å²) in [6, 6.07) is 10.9. The molecule has 0 aromatic heterocycles. The zero-order valence-corrected chi connectivity index (χ0v) is 14.0. The van der Waals surface area contributed by atoms with Crippen LogP contribution in [0.5, 0.6) is 5.75 Å². The maximum absolute atomic E-state index is 6.04. The molecule has 0 saturated carbocycles. The van der Waals surface area contributed by atoms with Crippen LogP contribution in [0.1, 0.15) is 5.56 Å². The van der Waals surface area contributed by atoms with Gasteiger partial charge >= 0.3 is 0 Å². The van der Waals surface area contributed by atoms with Crippen molar-refractivity contribution in [3.05, 3.63) is 63.1 Å². The standard InChI is InChI=1S/C16H13Cl3N2O/c1-22-15-7-3-2-5-11(15)6-4-8-20-21-16-13(18)9-12(17)10-14(16)19/h2-10,21H,1H3/b6-4+,20-8-. The molecule has 0 heterocycles. The second-order valence-electron chi connectivity index (χ2n) is 4.24. The third-order valence-corrected chi connectivity index (χ3v) is 3.57. The fourth-order valence-electron chi connectivity index (χ4n) is 1.74. The second-order valence-corrected chi connectivity index (χ2v) is 5.49. The van der Waals surface area contributed by atoms with E-state index in [1.54, 1.807) is 31.5 Å². The van der Waals surface area contributed by atoms with Gasteiger partial charge < -0.3 is 4.74 Å². The van der Waals surface area contributed by atoms with Crippen molar-refractivity contribution in [3.8, 4) is 5.75 Å². The van der Waals surface area contributed by atoms with Gasteiger partial charge in [-0.3, -0.25) is 5.43 Å². The summed E-state index contributed by atoms with van der Waals surface area (Å²) in [6.45, 7) is 0. The number of rotatable bonds is 5. The van der Waals surface area contributed by atoms with E-state index in [0.717, 1.165) is 11.3 Å². The molecule has 0 fully saturated rings. The first-order chi connectivity index (χ1) is 10.6. The minimum absolute atomic E-state index is 0.406. The minimum Gasteiger partial charge on any atom is -0.496 e. The number of nitrogens with zero attached hydrogens (tertiary/aromatic N) is 1. The molecule has 0 atom stereocenters. The van der Waals surface area contributed by atoms with Crippen molar-refractivity contribution in [1.29, 1.82) is 0 Å². The number of ether oxygens (including phenoxy) is 1. The summed E-state index contributed by atoms with van der Waals surface area (Å²) < 4.78 is 5.26. The second kappa shape index (κ2) is 8.08. The molecule has 0 unspecified atom stereocenters. The average molecular weight is 356 g/mol. The van der Waals surface area contributed by atoms with Crippen molar-refractivity contribution in [2.45, 2.75) is 0 Å². The molecule has 22 heavy (non-hydrogen) atoms. The summed E-state index contributed by atoms with van der Waals surface area (Å²) in [6.07, 6.45) is 5.26. The lowest BCUT2D eigenvalue weighted by molar-refractivity contribution is 0.414. The number of anilines is 1. The number of methoxy groups -OCH3 is 1. The quantitative estimate of drug-likeness (QED) is 0.546. The van der Waals surface area contributed by atoms with Crippen LogP contribution in [0.3, 0.4) is 0 Å². The third kappa shape index (κ3) is 4.41. The largest absolute Gasteiger partial charge is 0.496 e. The number of hydrogen-bond donors (Lipinski definition) is 1. The molecule has 0 aliphatic rings. The predicted octanol–water partition coefficient (Wildman–Crippen LogP) is 5.77. The summed E-state index contributed by atoms with van der Waals surface area (Å²) >= 11 is 17.9. The van der Waals surface area contributed by atoms with Crippen LogP contribution in [-0.4, -0.2) is 13.3 Å². The molecule has 3 nitrogen and oxygen atoms in total. The van der Waals surface area contributed by atoms with Crippen molar-refractivity contribution in [2.75, 3.05) is 12.5 Å². The summed E-state index contributed by atoms with van der Waals surface area (Å²) in [7, 11) is 1.63. The molecular weight excluding hydrogens is 343 g/mol. The Morgan fingerprint density at radius 3 is 2.45 bits per heavy atom. The van der Waals surface area contributed by atoms with E-state index in [1.165, 1.54) is 0 Å². The Labute approximate surface area is 144 Å². The first-order valence-corrected chi connectivity index (χ1v) is 7.48. The first kappa shape index (κ1) is 16.7. The highest BCUT2D eigenvalue weighted by molar-refractivity contribution is 6.41. The zero-order chi connectivity index (χ0) is 15.9. The van der Waals surface area contributed by atoms with Crippen LogP contribution in [0.4, 0.5) is 5.69 Å². The highest BCUT2D eigenvalue weighted by atomic mass is 35.5. The molecule has 2 rings (SSSR count). The predicted molar refractivity (Wildman–Crippen MR) is 95.6 cm³/mol. The van der Waals surface area contributed by atoms with Crippen molar-refractivity contribution < 1.29 is 4.74 Å². The third-order valence-electron chi connectivity index (χ3n) is 2.76. The van der Waals surface area contributed by atoms with Crippen molar-refractivity contribution in [1.82, 2.24) is 0 Å². The Kier molecular flexibility index (Phi) is 6.13. The molecule has 0 bridgehead atoms. The maximum atomic E-state index is 6.04. The Hall–Kier alpha value is -1.68. The normalized spacial score (nSPS) is 11.3. The summed E-state index contributed by atoms with van der Waals surface area (Å²) in [4.78, 5) is 0. The topological polar surface area (TPSA) is 33.6 Å². The van der Waals surface area contributed by atoms with Crippen LogP contribution in [0.2, 0.25) is 15.1 Å².